The Morgan fingerprint density at radius 3 is 1.78 bits per heavy atom. The van der Waals surface area contributed by atoms with Crippen molar-refractivity contribution in [1.29, 1.82) is 0 Å². The van der Waals surface area contributed by atoms with Crippen molar-refractivity contribution < 1.29 is 0 Å². The summed E-state index contributed by atoms with van der Waals surface area (Å²) in [5.41, 5.74) is 9.19. The Kier molecular flexibility index (Phi) is 6.26. The molecule has 0 heterocycles. The van der Waals surface area contributed by atoms with Crippen molar-refractivity contribution in [3.05, 3.63) is 60.2 Å². The quantitative estimate of drug-likeness (QED) is 0.816. The van der Waals surface area contributed by atoms with Crippen LogP contribution >= 0.6 is 12.2 Å². The van der Waals surface area contributed by atoms with E-state index in [0.717, 1.165) is 4.86 Å². The molecule has 0 unspecified atom stereocenters. The maximum absolute atomic E-state index is 5.54. The van der Waals surface area contributed by atoms with Crippen molar-refractivity contribution >= 4 is 17.1 Å². The molecule has 0 aromatic heterocycles. The van der Waals surface area contributed by atoms with Crippen LogP contribution in [0.2, 0.25) is 0 Å². The van der Waals surface area contributed by atoms with Gasteiger partial charge >= 0.3 is 0 Å². The van der Waals surface area contributed by atoms with E-state index in [0.29, 0.717) is 6.54 Å². The van der Waals surface area contributed by atoms with Crippen LogP contribution in [0.3, 0.4) is 0 Å². The van der Waals surface area contributed by atoms with E-state index in [1.807, 2.05) is 32.0 Å². The van der Waals surface area contributed by atoms with Crippen LogP contribution in [0.25, 0.3) is 11.1 Å². The van der Waals surface area contributed by atoms with Crippen LogP contribution < -0.4 is 5.73 Å². The van der Waals surface area contributed by atoms with E-state index in [2.05, 4.69) is 48.6 Å². The molecule has 0 atom stereocenters. The van der Waals surface area contributed by atoms with E-state index in [4.69, 9.17) is 5.73 Å². The standard InChI is InChI=1S/C13H13N.C3H6S/c14-10-11-6-8-13(9-7-11)12-4-2-1-3-5-12;1-3(2)4/h1-9H,10,14H2;1-2H3. The summed E-state index contributed by atoms with van der Waals surface area (Å²) in [4.78, 5) is 1.00. The zero-order valence-corrected chi connectivity index (χ0v) is 11.7. The molecule has 0 aliphatic rings. The van der Waals surface area contributed by atoms with Gasteiger partial charge in [-0.15, -0.1) is 0 Å². The molecule has 2 aromatic rings. The van der Waals surface area contributed by atoms with Crippen molar-refractivity contribution in [2.75, 3.05) is 0 Å². The molecule has 2 N–H and O–H groups in total. The van der Waals surface area contributed by atoms with Crippen molar-refractivity contribution in [2.45, 2.75) is 20.4 Å². The number of hydrogen-bond acceptors (Lipinski definition) is 2. The molecule has 0 spiro atoms. The van der Waals surface area contributed by atoms with Gasteiger partial charge in [0.15, 0.2) is 0 Å². The van der Waals surface area contributed by atoms with E-state index in [-0.39, 0.29) is 0 Å². The second-order valence-electron chi connectivity index (χ2n) is 4.18. The lowest BCUT2D eigenvalue weighted by atomic mass is 10.0. The molecule has 2 rings (SSSR count). The lowest BCUT2D eigenvalue weighted by Crippen LogP contribution is -1.95. The molecule has 0 fully saturated rings. The summed E-state index contributed by atoms with van der Waals surface area (Å²) in [7, 11) is 0. The molecule has 0 saturated heterocycles. The molecule has 1 nitrogen and oxygen atoms in total. The molecule has 2 aromatic carbocycles. The highest BCUT2D eigenvalue weighted by atomic mass is 32.1. The van der Waals surface area contributed by atoms with Crippen LogP contribution in [0.1, 0.15) is 19.4 Å². The van der Waals surface area contributed by atoms with Gasteiger partial charge in [-0.25, -0.2) is 0 Å². The van der Waals surface area contributed by atoms with Crippen molar-refractivity contribution in [2.24, 2.45) is 5.73 Å². The molecule has 18 heavy (non-hydrogen) atoms. The number of nitrogens with two attached hydrogens (primary N) is 1. The van der Waals surface area contributed by atoms with Gasteiger partial charge in [0.2, 0.25) is 0 Å². The van der Waals surface area contributed by atoms with E-state index < -0.39 is 0 Å². The summed E-state index contributed by atoms with van der Waals surface area (Å²) in [6.07, 6.45) is 0. The third-order valence-corrected chi connectivity index (χ3v) is 2.30. The van der Waals surface area contributed by atoms with Gasteiger partial charge in [-0.2, -0.15) is 0 Å². The van der Waals surface area contributed by atoms with Crippen LogP contribution in [-0.4, -0.2) is 4.86 Å². The SMILES string of the molecule is CC(C)=S.NCc1ccc(-c2ccccc2)cc1. The van der Waals surface area contributed by atoms with Gasteiger partial charge in [-0.05, 0) is 35.4 Å². The third-order valence-electron chi connectivity index (χ3n) is 2.30. The fraction of sp³-hybridized carbons (Fsp3) is 0.188. The number of thiocarbonyl (C=S) groups is 1. The minimum absolute atomic E-state index is 0.606. The first kappa shape index (κ1) is 14.6. The van der Waals surface area contributed by atoms with Gasteiger partial charge < -0.3 is 5.73 Å². The maximum atomic E-state index is 5.54. The van der Waals surface area contributed by atoms with Crippen LogP contribution in [-0.2, 0) is 6.54 Å². The molecule has 0 aliphatic carbocycles. The third kappa shape index (κ3) is 5.21. The predicted molar refractivity (Wildman–Crippen MR) is 83.7 cm³/mol. The Bertz CT molecular complexity index is 470. The monoisotopic (exact) mass is 257 g/mol. The molecule has 94 valence electrons. The van der Waals surface area contributed by atoms with Gasteiger partial charge in [0.1, 0.15) is 0 Å². The molecule has 0 amide bonds. The molecular weight excluding hydrogens is 238 g/mol. The van der Waals surface area contributed by atoms with Gasteiger partial charge in [-0.1, -0.05) is 66.8 Å². The number of hydrogen-bond donors (Lipinski definition) is 1. The predicted octanol–water partition coefficient (Wildman–Crippen LogP) is 4.21. The molecule has 0 bridgehead atoms. The van der Waals surface area contributed by atoms with Crippen molar-refractivity contribution in [3.8, 4) is 11.1 Å². The Morgan fingerprint density at radius 2 is 1.33 bits per heavy atom. The van der Waals surface area contributed by atoms with Crippen LogP contribution in [0.4, 0.5) is 0 Å². The Balaban J connectivity index is 0.000000357. The van der Waals surface area contributed by atoms with Crippen LogP contribution in [0.5, 0.6) is 0 Å². The van der Waals surface area contributed by atoms with E-state index in [1.54, 1.807) is 0 Å². The maximum Gasteiger partial charge on any atom is 0.0178 e. The zero-order chi connectivity index (χ0) is 13.4. The fourth-order valence-electron chi connectivity index (χ4n) is 1.46. The highest BCUT2D eigenvalue weighted by molar-refractivity contribution is 7.80. The Morgan fingerprint density at radius 1 is 0.889 bits per heavy atom. The lowest BCUT2D eigenvalue weighted by molar-refractivity contribution is 1.07. The zero-order valence-electron chi connectivity index (χ0n) is 10.9. The molecule has 0 aliphatic heterocycles. The van der Waals surface area contributed by atoms with Gasteiger partial charge in [0.25, 0.3) is 0 Å². The van der Waals surface area contributed by atoms with Gasteiger partial charge in [0, 0.05) is 6.54 Å². The summed E-state index contributed by atoms with van der Waals surface area (Å²) >= 11 is 4.54. The molecule has 0 radical (unpaired) electrons. The summed E-state index contributed by atoms with van der Waals surface area (Å²) in [5, 5.41) is 0. The van der Waals surface area contributed by atoms with E-state index in [1.165, 1.54) is 16.7 Å². The highest BCUT2D eigenvalue weighted by Crippen LogP contribution is 2.18. The lowest BCUT2D eigenvalue weighted by Gasteiger charge is -2.02. The average Bonchev–Trinajstić information content (AvgIpc) is 2.39. The van der Waals surface area contributed by atoms with Crippen molar-refractivity contribution in [1.82, 2.24) is 0 Å². The number of benzene rings is 2. The van der Waals surface area contributed by atoms with E-state index >= 15 is 0 Å². The second-order valence-corrected chi connectivity index (χ2v) is 4.99. The largest absolute Gasteiger partial charge is 0.326 e. The van der Waals surface area contributed by atoms with Gasteiger partial charge in [0.05, 0.1) is 0 Å². The van der Waals surface area contributed by atoms with E-state index in [9.17, 15) is 0 Å². The average molecular weight is 257 g/mol. The first-order chi connectivity index (χ1) is 8.63. The number of rotatable bonds is 2. The molecular formula is C16H19NS. The van der Waals surface area contributed by atoms with Crippen molar-refractivity contribution in [3.63, 3.8) is 0 Å². The first-order valence-electron chi connectivity index (χ1n) is 5.95. The van der Waals surface area contributed by atoms with Crippen LogP contribution in [0.15, 0.2) is 54.6 Å². The summed E-state index contributed by atoms with van der Waals surface area (Å²) in [6.45, 7) is 4.40. The summed E-state index contributed by atoms with van der Waals surface area (Å²) < 4.78 is 0. The van der Waals surface area contributed by atoms with Crippen LogP contribution in [0, 0.1) is 0 Å². The van der Waals surface area contributed by atoms with Gasteiger partial charge in [-0.3, -0.25) is 0 Å². The normalized spacial score (nSPS) is 9.28. The first-order valence-corrected chi connectivity index (χ1v) is 6.36. The Hall–Kier alpha value is -1.51. The highest BCUT2D eigenvalue weighted by Gasteiger charge is 1.95. The minimum Gasteiger partial charge on any atom is -0.326 e. The second kappa shape index (κ2) is 7.75. The smallest absolute Gasteiger partial charge is 0.0178 e. The summed E-state index contributed by atoms with van der Waals surface area (Å²) in [5.74, 6) is 0. The fourth-order valence-corrected chi connectivity index (χ4v) is 1.46. The topological polar surface area (TPSA) is 26.0 Å². The summed E-state index contributed by atoms with van der Waals surface area (Å²) in [6, 6.07) is 18.7. The minimum atomic E-state index is 0.606. The Labute approximate surface area is 115 Å². The molecule has 0 saturated carbocycles. The molecule has 2 heteroatoms.